The van der Waals surface area contributed by atoms with E-state index in [0.717, 1.165) is 11.8 Å². The predicted octanol–water partition coefficient (Wildman–Crippen LogP) is 4.68. The molecule has 0 aliphatic rings. The molecule has 0 radical (unpaired) electrons. The van der Waals surface area contributed by atoms with Crippen molar-refractivity contribution in [3.8, 4) is 0 Å². The highest BCUT2D eigenvalue weighted by atomic mass is 35.5. The summed E-state index contributed by atoms with van der Waals surface area (Å²) in [6.07, 6.45) is 0. The summed E-state index contributed by atoms with van der Waals surface area (Å²) in [5, 5.41) is 32.1. The zero-order valence-electron chi connectivity index (χ0n) is 17.3. The third-order valence-corrected chi connectivity index (χ3v) is 6.99. The van der Waals surface area contributed by atoms with Crippen LogP contribution in [0.1, 0.15) is 11.1 Å². The van der Waals surface area contributed by atoms with Gasteiger partial charge in [-0.05, 0) is 48.9 Å². The molecule has 0 amide bonds. The van der Waals surface area contributed by atoms with Crippen molar-refractivity contribution in [2.24, 2.45) is 10.2 Å². The van der Waals surface area contributed by atoms with Crippen LogP contribution in [0.15, 0.2) is 75.6 Å². The molecule has 0 heterocycles. The van der Waals surface area contributed by atoms with Crippen molar-refractivity contribution < 1.29 is 18.3 Å². The number of sulfonamides is 1. The van der Waals surface area contributed by atoms with Crippen molar-refractivity contribution in [3.05, 3.63) is 97.0 Å². The molecule has 0 spiro atoms. The molecule has 0 fully saturated rings. The minimum absolute atomic E-state index is 0.105. The van der Waals surface area contributed by atoms with Gasteiger partial charge in [0.15, 0.2) is 0 Å². The number of nitrogens with zero attached hydrogens (tertiary/aromatic N) is 3. The Morgan fingerprint density at radius 3 is 2.03 bits per heavy atom. The first-order chi connectivity index (χ1) is 16.0. The van der Waals surface area contributed by atoms with Crippen molar-refractivity contribution in [1.82, 2.24) is 0 Å². The number of halogens is 1. The van der Waals surface area contributed by atoms with E-state index in [1.165, 1.54) is 60.7 Å². The Hall–Kier alpha value is -3.52. The molecule has 34 heavy (non-hydrogen) atoms. The minimum Gasteiger partial charge on any atom is -0.277 e. The summed E-state index contributed by atoms with van der Waals surface area (Å²) >= 11 is 7.13. The number of nitrogens with one attached hydrogen (secondary N) is 1. The van der Waals surface area contributed by atoms with E-state index >= 15 is 0 Å². The van der Waals surface area contributed by atoms with Crippen LogP contribution in [0.2, 0.25) is 5.02 Å². The van der Waals surface area contributed by atoms with Crippen LogP contribution in [0.4, 0.5) is 17.1 Å². The lowest BCUT2D eigenvalue weighted by Crippen LogP contribution is -2.14. The maximum absolute atomic E-state index is 12.2. The summed E-state index contributed by atoms with van der Waals surface area (Å²) in [4.78, 5) is 20.8. The number of hydrazone groups is 1. The quantitative estimate of drug-likeness (QED) is 0.148. The number of nitrogens with two attached hydrogens (primary N) is 1. The van der Waals surface area contributed by atoms with Gasteiger partial charge in [0.05, 0.1) is 20.4 Å². The highest BCUT2D eigenvalue weighted by Crippen LogP contribution is 2.34. The maximum Gasteiger partial charge on any atom is 0.269 e. The number of non-ortho nitro benzene ring substituents is 2. The molecule has 0 bridgehead atoms. The first kappa shape index (κ1) is 25.1. The molecule has 11 nitrogen and oxygen atoms in total. The molecule has 0 aromatic heterocycles. The van der Waals surface area contributed by atoms with E-state index in [2.05, 4.69) is 10.5 Å². The molecule has 0 aliphatic carbocycles. The number of benzene rings is 3. The van der Waals surface area contributed by atoms with Crippen LogP contribution in [0.25, 0.3) is 0 Å². The molecule has 0 atom stereocenters. The van der Waals surface area contributed by atoms with E-state index in [4.69, 9.17) is 16.7 Å². The number of aryl methyl sites for hydroxylation is 1. The second-order valence-electron chi connectivity index (χ2n) is 6.83. The van der Waals surface area contributed by atoms with Crippen molar-refractivity contribution in [1.29, 1.82) is 0 Å². The summed E-state index contributed by atoms with van der Waals surface area (Å²) in [5.41, 5.74) is 3.86. The van der Waals surface area contributed by atoms with Gasteiger partial charge in [0.1, 0.15) is 5.04 Å². The standard InChI is InChI=1S/C20H16ClN5O6S2/c1-12-10-19(34(22,31)32)18(11-17(12)21)33-20(13-2-6-15(7-3-13)25(27)28)24-23-14-4-8-16(9-5-14)26(29)30/h2-11,23H,1H3,(H2,22,31,32)/b24-20-. The van der Waals surface area contributed by atoms with Crippen LogP contribution in [0.3, 0.4) is 0 Å². The fourth-order valence-electron chi connectivity index (χ4n) is 2.69. The van der Waals surface area contributed by atoms with Gasteiger partial charge in [0.2, 0.25) is 10.0 Å². The van der Waals surface area contributed by atoms with Crippen LogP contribution in [0.5, 0.6) is 0 Å². The Bertz CT molecular complexity index is 1390. The number of hydrogen-bond acceptors (Lipinski definition) is 9. The van der Waals surface area contributed by atoms with Crippen LogP contribution in [0, 0.1) is 27.2 Å². The number of anilines is 1. The third-order valence-electron chi connectivity index (χ3n) is 4.43. The molecule has 3 rings (SSSR count). The largest absolute Gasteiger partial charge is 0.277 e. The number of nitro benzene ring substituents is 2. The van der Waals surface area contributed by atoms with E-state index in [0.29, 0.717) is 21.8 Å². The summed E-state index contributed by atoms with van der Waals surface area (Å²) in [6, 6.07) is 13.7. The van der Waals surface area contributed by atoms with Gasteiger partial charge in [0, 0.05) is 39.7 Å². The Kier molecular flexibility index (Phi) is 7.51. The lowest BCUT2D eigenvalue weighted by atomic mass is 10.2. The van der Waals surface area contributed by atoms with Crippen LogP contribution in [-0.4, -0.2) is 23.3 Å². The molecule has 14 heteroatoms. The number of rotatable bonds is 7. The first-order valence-corrected chi connectivity index (χ1v) is 12.0. The Labute approximate surface area is 203 Å². The summed E-state index contributed by atoms with van der Waals surface area (Å²) < 4.78 is 24.3. The highest BCUT2D eigenvalue weighted by Gasteiger charge is 2.20. The second kappa shape index (κ2) is 10.2. The topological polar surface area (TPSA) is 171 Å². The van der Waals surface area contributed by atoms with Crippen molar-refractivity contribution in [3.63, 3.8) is 0 Å². The Morgan fingerprint density at radius 1 is 1.00 bits per heavy atom. The molecule has 0 saturated heterocycles. The first-order valence-electron chi connectivity index (χ1n) is 9.29. The fraction of sp³-hybridized carbons (Fsp3) is 0.0500. The van der Waals surface area contributed by atoms with Crippen molar-refractivity contribution >= 4 is 55.5 Å². The molecule has 0 unspecified atom stereocenters. The van der Waals surface area contributed by atoms with E-state index in [9.17, 15) is 28.6 Å². The number of thioether (sulfide) groups is 1. The molecular weight excluding hydrogens is 506 g/mol. The predicted molar refractivity (Wildman–Crippen MR) is 130 cm³/mol. The maximum atomic E-state index is 12.2. The fourth-order valence-corrected chi connectivity index (χ4v) is 4.96. The number of hydrogen-bond donors (Lipinski definition) is 2. The molecule has 3 aromatic rings. The molecule has 176 valence electrons. The van der Waals surface area contributed by atoms with Gasteiger partial charge < -0.3 is 0 Å². The van der Waals surface area contributed by atoms with E-state index in [1.54, 1.807) is 6.92 Å². The average molecular weight is 522 g/mol. The summed E-state index contributed by atoms with van der Waals surface area (Å²) in [6.45, 7) is 1.63. The van der Waals surface area contributed by atoms with Gasteiger partial charge in [-0.25, -0.2) is 13.6 Å². The molecule has 3 aromatic carbocycles. The van der Waals surface area contributed by atoms with Crippen LogP contribution in [-0.2, 0) is 10.0 Å². The summed E-state index contributed by atoms with van der Waals surface area (Å²) in [5.74, 6) is 0. The lowest BCUT2D eigenvalue weighted by Gasteiger charge is -2.12. The normalized spacial score (nSPS) is 11.8. The molecule has 3 N–H and O–H groups in total. The molecular formula is C20H16ClN5O6S2. The van der Waals surface area contributed by atoms with E-state index in [-0.39, 0.29) is 26.2 Å². The molecule has 0 aliphatic heterocycles. The average Bonchev–Trinajstić information content (AvgIpc) is 2.78. The SMILES string of the molecule is Cc1cc(S(N)(=O)=O)c(S/C(=N\Nc2ccc([N+](=O)[O-])cc2)c2ccc([N+](=O)[O-])cc2)cc1Cl. The summed E-state index contributed by atoms with van der Waals surface area (Å²) in [7, 11) is -4.11. The lowest BCUT2D eigenvalue weighted by molar-refractivity contribution is -0.385. The Morgan fingerprint density at radius 2 is 1.53 bits per heavy atom. The van der Waals surface area contributed by atoms with Gasteiger partial charge in [0.25, 0.3) is 11.4 Å². The van der Waals surface area contributed by atoms with Crippen LogP contribution < -0.4 is 10.6 Å². The van der Waals surface area contributed by atoms with Gasteiger partial charge in [-0.2, -0.15) is 5.10 Å². The zero-order valence-corrected chi connectivity index (χ0v) is 19.7. The Balaban J connectivity index is 2.05. The van der Waals surface area contributed by atoms with E-state index < -0.39 is 19.9 Å². The van der Waals surface area contributed by atoms with Gasteiger partial charge in [-0.3, -0.25) is 25.7 Å². The van der Waals surface area contributed by atoms with Crippen LogP contribution >= 0.6 is 23.4 Å². The number of primary sulfonamides is 1. The monoisotopic (exact) mass is 521 g/mol. The van der Waals surface area contributed by atoms with Gasteiger partial charge >= 0.3 is 0 Å². The highest BCUT2D eigenvalue weighted by molar-refractivity contribution is 8.14. The van der Waals surface area contributed by atoms with Gasteiger partial charge in [-0.1, -0.05) is 23.4 Å². The second-order valence-corrected chi connectivity index (χ2v) is 9.80. The minimum atomic E-state index is -4.11. The van der Waals surface area contributed by atoms with Crippen molar-refractivity contribution in [2.75, 3.05) is 5.43 Å². The zero-order chi connectivity index (χ0) is 25.0. The smallest absolute Gasteiger partial charge is 0.269 e. The third kappa shape index (κ3) is 6.08. The number of nitro groups is 2. The molecule has 0 saturated carbocycles. The van der Waals surface area contributed by atoms with Gasteiger partial charge in [-0.15, -0.1) is 0 Å². The van der Waals surface area contributed by atoms with E-state index in [1.807, 2.05) is 0 Å². The van der Waals surface area contributed by atoms with Crippen molar-refractivity contribution in [2.45, 2.75) is 16.7 Å².